The lowest BCUT2D eigenvalue weighted by molar-refractivity contribution is 0.117. The molecule has 1 N–H and O–H groups in total. The van der Waals surface area contributed by atoms with Crippen LogP contribution < -0.4 is 15.1 Å². The molecule has 0 atom stereocenters. The first-order chi connectivity index (χ1) is 11.8. The lowest BCUT2D eigenvalue weighted by Crippen LogP contribution is -2.51. The zero-order chi connectivity index (χ0) is 16.8. The largest absolute Gasteiger partial charge is 0.491 e. The first-order valence-corrected chi connectivity index (χ1v) is 8.31. The second kappa shape index (κ2) is 8.32. The molecule has 2 aliphatic heterocycles. The minimum Gasteiger partial charge on any atom is -0.491 e. The molecule has 132 valence electrons. The molecular weight excluding hydrogens is 311 g/mol. The predicted molar refractivity (Wildman–Crippen MR) is 91.4 cm³/mol. The summed E-state index contributed by atoms with van der Waals surface area (Å²) in [6.07, 6.45) is 4.06. The summed E-state index contributed by atoms with van der Waals surface area (Å²) in [6, 6.07) is 5.08. The van der Waals surface area contributed by atoms with E-state index >= 15 is 0 Å². The molecule has 24 heavy (non-hydrogen) atoms. The van der Waals surface area contributed by atoms with Crippen molar-refractivity contribution in [3.05, 3.63) is 36.3 Å². The smallest absolute Gasteiger partial charge is 0.150 e. The molecule has 0 saturated carbocycles. The number of halogens is 1. The van der Waals surface area contributed by atoms with Gasteiger partial charge in [0.1, 0.15) is 18.2 Å². The van der Waals surface area contributed by atoms with E-state index in [2.05, 4.69) is 26.3 Å². The fourth-order valence-corrected chi connectivity index (χ4v) is 2.94. The molecule has 1 fully saturated rings. The molecule has 7 heteroatoms. The number of benzene rings is 1. The van der Waals surface area contributed by atoms with Gasteiger partial charge < -0.3 is 19.8 Å². The van der Waals surface area contributed by atoms with Crippen LogP contribution in [0.25, 0.3) is 0 Å². The van der Waals surface area contributed by atoms with Crippen LogP contribution in [0.4, 0.5) is 10.1 Å². The van der Waals surface area contributed by atoms with Crippen LogP contribution in [0.15, 0.2) is 30.5 Å². The molecule has 2 heterocycles. The van der Waals surface area contributed by atoms with Gasteiger partial charge in [0.2, 0.25) is 0 Å². The minimum absolute atomic E-state index is 0.233. The van der Waals surface area contributed by atoms with Gasteiger partial charge in [-0.3, -0.25) is 4.90 Å². The second-order valence-electron chi connectivity index (χ2n) is 5.95. The van der Waals surface area contributed by atoms with Crippen LogP contribution in [0.3, 0.4) is 0 Å². The Labute approximate surface area is 142 Å². The number of ether oxygens (including phenoxy) is 2. The highest BCUT2D eigenvalue weighted by Gasteiger charge is 2.21. The average molecular weight is 336 g/mol. The summed E-state index contributed by atoms with van der Waals surface area (Å²) in [4.78, 5) is 4.47. The Morgan fingerprint density at radius 3 is 2.67 bits per heavy atom. The minimum atomic E-state index is -0.233. The molecule has 6 nitrogen and oxygen atoms in total. The zero-order valence-corrected chi connectivity index (χ0v) is 14.1. The Bertz CT molecular complexity index is 554. The number of hydrogen-bond donors (Lipinski definition) is 1. The summed E-state index contributed by atoms with van der Waals surface area (Å²) < 4.78 is 24.8. The van der Waals surface area contributed by atoms with E-state index in [9.17, 15) is 4.39 Å². The van der Waals surface area contributed by atoms with Gasteiger partial charge in [-0.15, -0.1) is 0 Å². The third kappa shape index (κ3) is 4.37. The van der Waals surface area contributed by atoms with Crippen molar-refractivity contribution in [3.8, 4) is 5.75 Å². The van der Waals surface area contributed by atoms with Crippen molar-refractivity contribution in [3.63, 3.8) is 0 Å². The van der Waals surface area contributed by atoms with Crippen LogP contribution in [-0.2, 0) is 4.74 Å². The van der Waals surface area contributed by atoms with Crippen LogP contribution in [0.2, 0.25) is 0 Å². The van der Waals surface area contributed by atoms with Crippen LogP contribution in [0.1, 0.15) is 0 Å². The Morgan fingerprint density at radius 1 is 1.17 bits per heavy atom. The van der Waals surface area contributed by atoms with E-state index in [1.54, 1.807) is 13.2 Å². The van der Waals surface area contributed by atoms with Crippen molar-refractivity contribution in [2.24, 2.45) is 0 Å². The Hall–Kier alpha value is -1.83. The number of piperazine rings is 1. The van der Waals surface area contributed by atoms with Gasteiger partial charge in [0.15, 0.2) is 0 Å². The molecule has 0 spiro atoms. The zero-order valence-electron chi connectivity index (χ0n) is 14.1. The summed E-state index contributed by atoms with van der Waals surface area (Å²) >= 11 is 0. The molecule has 0 amide bonds. The molecule has 3 rings (SSSR count). The SMILES string of the molecule is COCCOc1ccc(N2CCN(CN3CC=CN3)CC2)c(F)c1. The highest BCUT2D eigenvalue weighted by molar-refractivity contribution is 5.51. The van der Waals surface area contributed by atoms with Gasteiger partial charge in [-0.05, 0) is 12.1 Å². The Morgan fingerprint density at radius 2 is 2.00 bits per heavy atom. The molecule has 1 saturated heterocycles. The molecule has 0 bridgehead atoms. The lowest BCUT2D eigenvalue weighted by atomic mass is 10.2. The molecule has 1 aromatic carbocycles. The number of hydrogen-bond acceptors (Lipinski definition) is 6. The van der Waals surface area contributed by atoms with Gasteiger partial charge in [-0.1, -0.05) is 6.08 Å². The van der Waals surface area contributed by atoms with Crippen molar-refractivity contribution in [2.45, 2.75) is 0 Å². The second-order valence-corrected chi connectivity index (χ2v) is 5.95. The third-order valence-corrected chi connectivity index (χ3v) is 4.26. The van der Waals surface area contributed by atoms with E-state index in [1.807, 2.05) is 12.3 Å². The fraction of sp³-hybridized carbons (Fsp3) is 0.529. The van der Waals surface area contributed by atoms with Gasteiger partial charge in [-0.25, -0.2) is 9.40 Å². The van der Waals surface area contributed by atoms with Crippen molar-refractivity contribution in [1.82, 2.24) is 15.3 Å². The number of anilines is 1. The maximum Gasteiger partial charge on any atom is 0.150 e. The summed E-state index contributed by atoms with van der Waals surface area (Å²) in [5, 5.41) is 2.16. The maximum atomic E-state index is 14.4. The third-order valence-electron chi connectivity index (χ3n) is 4.26. The van der Waals surface area contributed by atoms with Crippen LogP contribution in [0.5, 0.6) is 5.75 Å². The van der Waals surface area contributed by atoms with Crippen molar-refractivity contribution < 1.29 is 13.9 Å². The topological polar surface area (TPSA) is 40.2 Å². The van der Waals surface area contributed by atoms with E-state index in [0.29, 0.717) is 24.7 Å². The van der Waals surface area contributed by atoms with Gasteiger partial charge in [0.25, 0.3) is 0 Å². The number of nitrogens with zero attached hydrogens (tertiary/aromatic N) is 3. The van der Waals surface area contributed by atoms with Gasteiger partial charge in [0.05, 0.1) is 19.0 Å². The summed E-state index contributed by atoms with van der Waals surface area (Å²) in [5.41, 5.74) is 3.85. The number of hydrazine groups is 1. The Kier molecular flexibility index (Phi) is 5.90. The average Bonchev–Trinajstić information content (AvgIpc) is 3.09. The molecule has 2 aliphatic rings. The fourth-order valence-electron chi connectivity index (χ4n) is 2.94. The molecule has 0 aromatic heterocycles. The normalized spacial score (nSPS) is 18.8. The predicted octanol–water partition coefficient (Wildman–Crippen LogP) is 1.26. The summed E-state index contributed by atoms with van der Waals surface area (Å²) in [7, 11) is 1.61. The van der Waals surface area contributed by atoms with Crippen molar-refractivity contribution >= 4 is 5.69 Å². The molecule has 0 radical (unpaired) electrons. The van der Waals surface area contributed by atoms with Crippen molar-refractivity contribution in [1.29, 1.82) is 0 Å². The molecule has 1 aromatic rings. The van der Waals surface area contributed by atoms with E-state index in [0.717, 1.165) is 39.4 Å². The molecule has 0 unspecified atom stereocenters. The number of rotatable bonds is 7. The number of nitrogens with one attached hydrogen (secondary N) is 1. The van der Waals surface area contributed by atoms with Crippen LogP contribution >= 0.6 is 0 Å². The monoisotopic (exact) mass is 336 g/mol. The quantitative estimate of drug-likeness (QED) is 0.756. The Balaban J connectivity index is 1.50. The van der Waals surface area contributed by atoms with Gasteiger partial charge in [-0.2, -0.15) is 0 Å². The standard InChI is InChI=1S/C17H25FN4O2/c1-23-11-12-24-15-3-4-17(16(18)13-15)21-9-7-20(8-10-21)14-22-6-2-5-19-22/h2-5,13,19H,6-12,14H2,1H3. The highest BCUT2D eigenvalue weighted by atomic mass is 19.1. The molecular formula is C17H25FN4O2. The lowest BCUT2D eigenvalue weighted by Gasteiger charge is -2.37. The maximum absolute atomic E-state index is 14.4. The van der Waals surface area contributed by atoms with E-state index < -0.39 is 0 Å². The summed E-state index contributed by atoms with van der Waals surface area (Å²) in [5.74, 6) is 0.309. The summed E-state index contributed by atoms with van der Waals surface area (Å²) in [6.45, 7) is 6.21. The number of methoxy groups -OCH3 is 1. The first kappa shape index (κ1) is 17.0. The van der Waals surface area contributed by atoms with Gasteiger partial charge in [0, 0.05) is 52.1 Å². The first-order valence-electron chi connectivity index (χ1n) is 8.31. The van der Waals surface area contributed by atoms with Crippen LogP contribution in [0, 0.1) is 5.82 Å². The van der Waals surface area contributed by atoms with Crippen molar-refractivity contribution in [2.75, 3.05) is 64.6 Å². The van der Waals surface area contributed by atoms with E-state index in [4.69, 9.17) is 9.47 Å². The van der Waals surface area contributed by atoms with Gasteiger partial charge >= 0.3 is 0 Å². The molecule has 0 aliphatic carbocycles. The van der Waals surface area contributed by atoms with E-state index in [-0.39, 0.29) is 5.82 Å². The van der Waals surface area contributed by atoms with E-state index in [1.165, 1.54) is 6.07 Å². The van der Waals surface area contributed by atoms with Crippen LogP contribution in [-0.4, -0.2) is 69.6 Å². The highest BCUT2D eigenvalue weighted by Crippen LogP contribution is 2.25.